The maximum Gasteiger partial charge on any atom is 0.225 e. The lowest BCUT2D eigenvalue weighted by Crippen LogP contribution is -2.24. The summed E-state index contributed by atoms with van der Waals surface area (Å²) in [6, 6.07) is 8.06. The number of carbonyl (C=O) groups is 1. The van der Waals surface area contributed by atoms with Gasteiger partial charge in [0.25, 0.3) is 0 Å². The normalized spacial score (nSPS) is 16.2. The molecule has 1 atom stereocenters. The summed E-state index contributed by atoms with van der Waals surface area (Å²) in [6.07, 6.45) is 0.118. The van der Waals surface area contributed by atoms with Crippen LogP contribution in [0.25, 0.3) is 0 Å². The smallest absolute Gasteiger partial charge is 0.225 e. The highest BCUT2D eigenvalue weighted by Crippen LogP contribution is 2.45. The molecule has 0 radical (unpaired) electrons. The third-order valence-electron chi connectivity index (χ3n) is 4.10. The summed E-state index contributed by atoms with van der Waals surface area (Å²) in [4.78, 5) is 12.2. The van der Waals surface area contributed by atoms with E-state index in [1.54, 1.807) is 24.3 Å². The zero-order chi connectivity index (χ0) is 18.0. The zero-order valence-corrected chi connectivity index (χ0v) is 14.8. The van der Waals surface area contributed by atoms with Crippen molar-refractivity contribution < 1.29 is 18.7 Å². The van der Waals surface area contributed by atoms with Gasteiger partial charge in [-0.05, 0) is 37.6 Å². The Labute approximate surface area is 150 Å². The Bertz CT molecular complexity index is 789. The highest BCUT2D eigenvalue weighted by molar-refractivity contribution is 6.31. The lowest BCUT2D eigenvalue weighted by Gasteiger charge is -2.28. The van der Waals surface area contributed by atoms with E-state index in [0.29, 0.717) is 41.0 Å². The van der Waals surface area contributed by atoms with Gasteiger partial charge >= 0.3 is 0 Å². The molecule has 0 aromatic heterocycles. The topological polar surface area (TPSA) is 47.6 Å². The first-order valence-electron chi connectivity index (χ1n) is 8.22. The molecule has 0 saturated heterocycles. The Morgan fingerprint density at radius 2 is 1.88 bits per heavy atom. The zero-order valence-electron chi connectivity index (χ0n) is 14.1. The van der Waals surface area contributed by atoms with E-state index in [4.69, 9.17) is 21.1 Å². The molecule has 0 spiro atoms. The first kappa shape index (κ1) is 17.5. The molecule has 0 aliphatic carbocycles. The molecule has 6 heteroatoms. The molecule has 2 aromatic carbocycles. The van der Waals surface area contributed by atoms with Crippen molar-refractivity contribution in [3.63, 3.8) is 0 Å². The molecule has 0 fully saturated rings. The number of rotatable bonds is 5. The van der Waals surface area contributed by atoms with Crippen LogP contribution in [0.1, 0.15) is 37.3 Å². The van der Waals surface area contributed by atoms with Crippen molar-refractivity contribution in [2.75, 3.05) is 18.5 Å². The lowest BCUT2D eigenvalue weighted by atomic mass is 9.84. The van der Waals surface area contributed by atoms with E-state index in [9.17, 15) is 9.18 Å². The summed E-state index contributed by atoms with van der Waals surface area (Å²) < 4.78 is 25.7. The van der Waals surface area contributed by atoms with Crippen LogP contribution in [0.4, 0.5) is 10.1 Å². The second kappa shape index (κ2) is 7.31. The van der Waals surface area contributed by atoms with Gasteiger partial charge in [0.1, 0.15) is 5.82 Å². The van der Waals surface area contributed by atoms with Gasteiger partial charge in [-0.15, -0.1) is 0 Å². The predicted octanol–water partition coefficient (Wildman–Crippen LogP) is 4.75. The first-order chi connectivity index (χ1) is 12.0. The maximum atomic E-state index is 14.4. The monoisotopic (exact) mass is 363 g/mol. The van der Waals surface area contributed by atoms with Crippen LogP contribution < -0.4 is 14.8 Å². The van der Waals surface area contributed by atoms with Gasteiger partial charge in [0.15, 0.2) is 11.5 Å². The fraction of sp³-hybridized carbons (Fsp3) is 0.316. The van der Waals surface area contributed by atoms with Gasteiger partial charge in [-0.25, -0.2) is 4.39 Å². The minimum atomic E-state index is -0.479. The van der Waals surface area contributed by atoms with Gasteiger partial charge in [-0.2, -0.15) is 0 Å². The number of halogens is 2. The number of benzene rings is 2. The van der Waals surface area contributed by atoms with Crippen molar-refractivity contribution in [3.05, 3.63) is 52.3 Å². The van der Waals surface area contributed by atoms with Crippen LogP contribution in [-0.2, 0) is 4.79 Å². The van der Waals surface area contributed by atoms with Crippen LogP contribution in [0.5, 0.6) is 11.5 Å². The number of amides is 1. The Hall–Kier alpha value is -2.27. The quantitative estimate of drug-likeness (QED) is 0.833. The molecule has 4 nitrogen and oxygen atoms in total. The van der Waals surface area contributed by atoms with E-state index in [1.807, 2.05) is 13.8 Å². The van der Waals surface area contributed by atoms with E-state index >= 15 is 0 Å². The highest BCUT2D eigenvalue weighted by atomic mass is 35.5. The second-order valence-corrected chi connectivity index (χ2v) is 6.10. The molecule has 132 valence electrons. The van der Waals surface area contributed by atoms with Crippen LogP contribution in [-0.4, -0.2) is 19.1 Å². The standard InChI is InChI=1S/C19H19ClFNO3/c1-3-24-16-8-11-12(19-13(20)6-5-7-14(19)21)9-18(23)22-15(11)10-17(16)25-4-2/h5-8,10,12H,3-4,9H2,1-2H3,(H,22,23)/t12-/m0/s1. The average molecular weight is 364 g/mol. The fourth-order valence-electron chi connectivity index (χ4n) is 3.11. The average Bonchev–Trinajstić information content (AvgIpc) is 2.56. The minimum Gasteiger partial charge on any atom is -0.490 e. The van der Waals surface area contributed by atoms with Gasteiger partial charge < -0.3 is 14.8 Å². The lowest BCUT2D eigenvalue weighted by molar-refractivity contribution is -0.116. The van der Waals surface area contributed by atoms with Gasteiger partial charge in [0.05, 0.1) is 13.2 Å². The molecule has 1 aliphatic rings. The third kappa shape index (κ3) is 3.42. The molecule has 1 amide bonds. The van der Waals surface area contributed by atoms with Crippen molar-refractivity contribution in [1.29, 1.82) is 0 Å². The Balaban J connectivity index is 2.16. The summed E-state index contributed by atoms with van der Waals surface area (Å²) in [5.41, 5.74) is 1.68. The summed E-state index contributed by atoms with van der Waals surface area (Å²) in [5, 5.41) is 3.13. The molecule has 2 aromatic rings. The van der Waals surface area contributed by atoms with Crippen molar-refractivity contribution in [1.82, 2.24) is 0 Å². The molecular weight excluding hydrogens is 345 g/mol. The fourth-order valence-corrected chi connectivity index (χ4v) is 3.40. The number of hydrogen-bond acceptors (Lipinski definition) is 3. The van der Waals surface area contributed by atoms with Crippen LogP contribution >= 0.6 is 11.6 Å². The Kier molecular flexibility index (Phi) is 5.13. The molecule has 1 heterocycles. The number of ether oxygens (including phenoxy) is 2. The van der Waals surface area contributed by atoms with Gasteiger partial charge in [-0.1, -0.05) is 17.7 Å². The highest BCUT2D eigenvalue weighted by Gasteiger charge is 2.31. The van der Waals surface area contributed by atoms with Crippen molar-refractivity contribution in [2.45, 2.75) is 26.2 Å². The third-order valence-corrected chi connectivity index (χ3v) is 4.43. The van der Waals surface area contributed by atoms with E-state index < -0.39 is 11.7 Å². The molecule has 0 saturated carbocycles. The van der Waals surface area contributed by atoms with Gasteiger partial charge in [-0.3, -0.25) is 4.79 Å². The van der Waals surface area contributed by atoms with E-state index in [1.165, 1.54) is 6.07 Å². The summed E-state index contributed by atoms with van der Waals surface area (Å²) in [7, 11) is 0. The minimum absolute atomic E-state index is 0.118. The van der Waals surface area contributed by atoms with Gasteiger partial charge in [0.2, 0.25) is 5.91 Å². The first-order valence-corrected chi connectivity index (χ1v) is 8.60. The summed E-state index contributed by atoms with van der Waals surface area (Å²) in [5.74, 6) is 0.0150. The molecular formula is C19H19ClFNO3. The van der Waals surface area contributed by atoms with Crippen LogP contribution in [0.15, 0.2) is 30.3 Å². The van der Waals surface area contributed by atoms with Crippen molar-refractivity contribution in [2.24, 2.45) is 0 Å². The number of nitrogens with one attached hydrogen (secondary N) is 1. The van der Waals surface area contributed by atoms with Crippen molar-refractivity contribution in [3.8, 4) is 11.5 Å². The van der Waals surface area contributed by atoms with E-state index in [0.717, 1.165) is 5.56 Å². The molecule has 1 N–H and O–H groups in total. The number of anilines is 1. The Morgan fingerprint density at radius 1 is 1.20 bits per heavy atom. The summed E-state index contributed by atoms with van der Waals surface area (Å²) >= 11 is 6.23. The molecule has 25 heavy (non-hydrogen) atoms. The molecule has 0 unspecified atom stereocenters. The van der Waals surface area contributed by atoms with Crippen LogP contribution in [0, 0.1) is 5.82 Å². The molecule has 3 rings (SSSR count). The largest absolute Gasteiger partial charge is 0.490 e. The van der Waals surface area contributed by atoms with Crippen LogP contribution in [0.2, 0.25) is 5.02 Å². The molecule has 1 aliphatic heterocycles. The van der Waals surface area contributed by atoms with E-state index in [-0.39, 0.29) is 12.3 Å². The van der Waals surface area contributed by atoms with E-state index in [2.05, 4.69) is 5.32 Å². The SMILES string of the molecule is CCOc1cc2c(cc1OCC)[C@@H](c1c(F)cccc1Cl)CC(=O)N2. The maximum absolute atomic E-state index is 14.4. The summed E-state index contributed by atoms with van der Waals surface area (Å²) in [6.45, 7) is 4.68. The number of fused-ring (bicyclic) bond motifs is 1. The Morgan fingerprint density at radius 3 is 2.52 bits per heavy atom. The number of carbonyl (C=O) groups excluding carboxylic acids is 1. The van der Waals surface area contributed by atoms with Gasteiger partial charge in [0, 0.05) is 34.7 Å². The second-order valence-electron chi connectivity index (χ2n) is 5.69. The van der Waals surface area contributed by atoms with Crippen LogP contribution in [0.3, 0.4) is 0 Å². The van der Waals surface area contributed by atoms with Crippen molar-refractivity contribution >= 4 is 23.2 Å². The molecule has 0 bridgehead atoms. The predicted molar refractivity (Wildman–Crippen MR) is 95.3 cm³/mol. The number of hydrogen-bond donors (Lipinski definition) is 1.